The molecule has 4 heterocycles. The first-order valence-corrected chi connectivity index (χ1v) is 22.0. The Bertz CT molecular complexity index is 1910. The van der Waals surface area contributed by atoms with Gasteiger partial charge < -0.3 is 47.9 Å². The molecule has 0 unspecified atom stereocenters. The first-order valence-electron chi connectivity index (χ1n) is 22.0. The van der Waals surface area contributed by atoms with Crippen LogP contribution >= 0.6 is 0 Å². The number of benzene rings is 1. The lowest BCUT2D eigenvalue weighted by Crippen LogP contribution is -2.51. The Hall–Kier alpha value is -4.78. The number of anilines is 2. The number of nitrogens with one attached hydrogen (secondary N) is 1. The minimum absolute atomic E-state index is 0.237. The summed E-state index contributed by atoms with van der Waals surface area (Å²) in [7, 11) is 1.65. The Morgan fingerprint density at radius 2 is 1.41 bits per heavy atom. The summed E-state index contributed by atoms with van der Waals surface area (Å²) in [5.41, 5.74) is 2.68. The molecule has 1 saturated carbocycles. The first-order chi connectivity index (χ1) is 30.9. The molecule has 0 amide bonds. The van der Waals surface area contributed by atoms with Crippen molar-refractivity contribution in [2.75, 3.05) is 105 Å². The summed E-state index contributed by atoms with van der Waals surface area (Å²) in [6.45, 7) is 14.4. The predicted octanol–water partition coefficient (Wildman–Crippen LogP) is 4.72. The van der Waals surface area contributed by atoms with Crippen LogP contribution in [0.5, 0.6) is 11.6 Å². The lowest BCUT2D eigenvalue weighted by Gasteiger charge is -2.42. The molecule has 1 aromatic carbocycles. The number of morpholine rings is 1. The topological polar surface area (TPSA) is 196 Å². The van der Waals surface area contributed by atoms with E-state index in [9.17, 15) is 5.26 Å². The van der Waals surface area contributed by atoms with Gasteiger partial charge in [-0.15, -0.1) is 5.10 Å². The Labute approximate surface area is 370 Å². The van der Waals surface area contributed by atoms with E-state index in [0.717, 1.165) is 49.9 Å². The molecule has 4 aromatic rings. The molecule has 19 nitrogen and oxygen atoms in total. The molecule has 3 atom stereocenters. The Kier molecular flexibility index (Phi) is 19.8. The summed E-state index contributed by atoms with van der Waals surface area (Å²) in [5.74, 6) is 1.31. The normalized spacial score (nSPS) is 19.7. The summed E-state index contributed by atoms with van der Waals surface area (Å²) < 4.78 is 54.8. The maximum absolute atomic E-state index is 9.76. The monoisotopic (exact) mass is 876 g/mol. The van der Waals surface area contributed by atoms with Crippen LogP contribution in [0, 0.1) is 11.3 Å². The van der Waals surface area contributed by atoms with E-state index in [1.54, 1.807) is 36.6 Å². The van der Waals surface area contributed by atoms with Crippen molar-refractivity contribution in [1.82, 2.24) is 39.4 Å². The number of nitrogens with zero attached hydrogens (tertiary/aromatic N) is 9. The number of hydrogen-bond donors (Lipinski definition) is 1. The molecule has 344 valence electrons. The maximum Gasteiger partial charge on any atom is 0.257 e. The van der Waals surface area contributed by atoms with Crippen molar-refractivity contribution in [1.29, 1.82) is 5.26 Å². The highest BCUT2D eigenvalue weighted by Crippen LogP contribution is 2.35. The van der Waals surface area contributed by atoms with Crippen LogP contribution in [0.15, 0.2) is 49.4 Å². The van der Waals surface area contributed by atoms with Gasteiger partial charge in [-0.2, -0.15) is 10.4 Å². The fraction of sp³-hybridized carbons (Fsp3) is 0.636. The molecule has 1 N–H and O–H groups in total. The van der Waals surface area contributed by atoms with Gasteiger partial charge in [0, 0.05) is 44.2 Å². The lowest BCUT2D eigenvalue weighted by atomic mass is 9.89. The SMILES string of the molecule is COCCOCCOCCOCCOCCOCCOc1nn(C2CCC(N3C[C@@H](C)O[C@@H](C)C3)CC2)cc1Nc1ncc(-c2ccc(C#N)c(O[C@@H](C)Cn3cncn3)c2)cn1. The van der Waals surface area contributed by atoms with Crippen molar-refractivity contribution in [3.8, 4) is 28.8 Å². The van der Waals surface area contributed by atoms with Gasteiger partial charge in [0.15, 0.2) is 0 Å². The van der Waals surface area contributed by atoms with Crippen molar-refractivity contribution in [3.63, 3.8) is 0 Å². The average Bonchev–Trinajstić information content (AvgIpc) is 3.95. The van der Waals surface area contributed by atoms with Gasteiger partial charge in [-0.25, -0.2) is 19.6 Å². The Morgan fingerprint density at radius 3 is 2.00 bits per heavy atom. The number of ether oxygens (including phenoxy) is 9. The van der Waals surface area contributed by atoms with E-state index >= 15 is 0 Å². The van der Waals surface area contributed by atoms with Crippen molar-refractivity contribution in [2.45, 2.75) is 83.4 Å². The maximum atomic E-state index is 9.76. The zero-order valence-corrected chi connectivity index (χ0v) is 37.1. The highest BCUT2D eigenvalue weighted by Gasteiger charge is 2.32. The molecule has 2 fully saturated rings. The second kappa shape index (κ2) is 26.1. The quantitative estimate of drug-likeness (QED) is 0.0770. The average molecular weight is 877 g/mol. The van der Waals surface area contributed by atoms with Crippen molar-refractivity contribution in [2.24, 2.45) is 0 Å². The third kappa shape index (κ3) is 15.8. The van der Waals surface area contributed by atoms with Crippen LogP contribution < -0.4 is 14.8 Å². The van der Waals surface area contributed by atoms with Crippen LogP contribution in [0.25, 0.3) is 11.1 Å². The second-order valence-corrected chi connectivity index (χ2v) is 15.7. The summed E-state index contributed by atoms with van der Waals surface area (Å²) in [5, 5.41) is 22.2. The van der Waals surface area contributed by atoms with Gasteiger partial charge >= 0.3 is 0 Å². The van der Waals surface area contributed by atoms with Gasteiger partial charge in [-0.3, -0.25) is 9.58 Å². The minimum Gasteiger partial charge on any atom is -0.487 e. The van der Waals surface area contributed by atoms with Gasteiger partial charge in [0.2, 0.25) is 5.95 Å². The molecular formula is C44H64N10O9. The van der Waals surface area contributed by atoms with Crippen LogP contribution in [0.2, 0.25) is 0 Å². The summed E-state index contributed by atoms with van der Waals surface area (Å²) in [6.07, 6.45) is 13.0. The summed E-state index contributed by atoms with van der Waals surface area (Å²) >= 11 is 0. The van der Waals surface area contributed by atoms with Gasteiger partial charge in [0.1, 0.15) is 42.9 Å². The Morgan fingerprint density at radius 1 is 0.810 bits per heavy atom. The van der Waals surface area contributed by atoms with E-state index in [1.165, 1.54) is 6.33 Å². The lowest BCUT2D eigenvalue weighted by molar-refractivity contribution is -0.0852. The van der Waals surface area contributed by atoms with Crippen LogP contribution in [-0.4, -0.2) is 163 Å². The van der Waals surface area contributed by atoms with Crippen LogP contribution in [0.1, 0.15) is 58.1 Å². The fourth-order valence-corrected chi connectivity index (χ4v) is 7.68. The number of nitriles is 1. The van der Waals surface area contributed by atoms with Crippen LogP contribution in [0.4, 0.5) is 11.6 Å². The number of methoxy groups -OCH3 is 1. The molecule has 2 aliphatic rings. The van der Waals surface area contributed by atoms with E-state index in [4.69, 9.17) is 47.7 Å². The summed E-state index contributed by atoms with van der Waals surface area (Å²) in [6, 6.07) is 8.43. The first kappa shape index (κ1) is 47.7. The molecule has 0 spiro atoms. The molecule has 1 saturated heterocycles. The largest absolute Gasteiger partial charge is 0.487 e. The molecule has 19 heteroatoms. The second-order valence-electron chi connectivity index (χ2n) is 15.7. The van der Waals surface area contributed by atoms with Crippen LogP contribution in [0.3, 0.4) is 0 Å². The third-order valence-electron chi connectivity index (χ3n) is 10.7. The van der Waals surface area contributed by atoms with Gasteiger partial charge in [0.05, 0.1) is 109 Å². The standard InChI is InChI=1S/C44H64N10O9/c1-33-27-52(28-34(2)62-33)39-7-9-40(10-8-39)54-30-41(43(51-54)61-22-21-60-20-19-59-18-17-58-16-15-57-14-13-56-12-11-55-4)50-44-47-25-38(26-48-44)36-5-6-37(24-45)42(23-36)63-35(3)29-53-32-46-31-49-53/h5-6,23,25-26,30-35,39-40H,7-22,27-29H2,1-4H3,(H,47,48,50)/t33-,34+,35-,39?,40?/m0/s1. The Balaban J connectivity index is 0.989. The molecule has 1 aliphatic heterocycles. The van der Waals surface area contributed by atoms with E-state index < -0.39 is 0 Å². The zero-order chi connectivity index (χ0) is 44.1. The highest BCUT2D eigenvalue weighted by atomic mass is 16.6. The van der Waals surface area contributed by atoms with E-state index in [2.05, 4.69) is 50.2 Å². The smallest absolute Gasteiger partial charge is 0.257 e. The predicted molar refractivity (Wildman–Crippen MR) is 232 cm³/mol. The van der Waals surface area contributed by atoms with E-state index in [-0.39, 0.29) is 24.4 Å². The van der Waals surface area contributed by atoms with E-state index in [1.807, 2.05) is 29.9 Å². The highest BCUT2D eigenvalue weighted by molar-refractivity contribution is 5.67. The van der Waals surface area contributed by atoms with E-state index in [0.29, 0.717) is 121 Å². The molecule has 1 aliphatic carbocycles. The molecular weight excluding hydrogens is 813 g/mol. The molecule has 63 heavy (non-hydrogen) atoms. The molecule has 3 aromatic heterocycles. The van der Waals surface area contributed by atoms with Crippen LogP contribution in [-0.2, 0) is 39.7 Å². The zero-order valence-electron chi connectivity index (χ0n) is 37.1. The van der Waals surface area contributed by atoms with Crippen molar-refractivity contribution in [3.05, 3.63) is 55.0 Å². The van der Waals surface area contributed by atoms with Gasteiger partial charge in [-0.05, 0) is 64.2 Å². The fourth-order valence-electron chi connectivity index (χ4n) is 7.68. The number of rotatable bonds is 28. The molecule has 6 rings (SSSR count). The van der Waals surface area contributed by atoms with Crippen molar-refractivity contribution >= 4 is 11.6 Å². The van der Waals surface area contributed by atoms with Gasteiger partial charge in [0.25, 0.3) is 5.88 Å². The number of aromatic nitrogens is 7. The van der Waals surface area contributed by atoms with Gasteiger partial charge in [-0.1, -0.05) is 6.07 Å². The molecule has 0 bridgehead atoms. The minimum atomic E-state index is -0.252. The number of hydrogen-bond acceptors (Lipinski definition) is 17. The summed E-state index contributed by atoms with van der Waals surface area (Å²) in [4.78, 5) is 15.9. The van der Waals surface area contributed by atoms with Crippen molar-refractivity contribution < 1.29 is 42.6 Å². The molecule has 0 radical (unpaired) electrons. The third-order valence-corrected chi connectivity index (χ3v) is 10.7.